The molecule has 2 aromatic carbocycles. The Labute approximate surface area is 181 Å². The number of rotatable bonds is 7. The molecule has 3 rings (SSSR count). The molecule has 1 saturated carbocycles. The fourth-order valence-corrected chi connectivity index (χ4v) is 3.08. The van der Waals surface area contributed by atoms with Gasteiger partial charge in [0.2, 0.25) is 0 Å². The van der Waals surface area contributed by atoms with Crippen LogP contribution in [0.2, 0.25) is 0 Å². The number of carbonyl (C=O) groups is 3. The first-order valence-corrected chi connectivity index (χ1v) is 10.1. The smallest absolute Gasteiger partial charge is 0.329 e. The summed E-state index contributed by atoms with van der Waals surface area (Å²) in [5.41, 5.74) is 6.76. The van der Waals surface area contributed by atoms with Gasteiger partial charge in [-0.25, -0.2) is 5.43 Å². The van der Waals surface area contributed by atoms with Crippen molar-refractivity contribution in [2.45, 2.75) is 39.7 Å². The highest BCUT2D eigenvalue weighted by Gasteiger charge is 2.26. The molecule has 0 spiro atoms. The van der Waals surface area contributed by atoms with Crippen LogP contribution in [0, 0.1) is 20.8 Å². The van der Waals surface area contributed by atoms with E-state index in [0.29, 0.717) is 11.3 Å². The maximum atomic E-state index is 12.3. The molecule has 0 atom stereocenters. The first-order valence-electron chi connectivity index (χ1n) is 10.1. The van der Waals surface area contributed by atoms with Gasteiger partial charge in [0.1, 0.15) is 5.75 Å². The fourth-order valence-electron chi connectivity index (χ4n) is 3.08. The van der Waals surface area contributed by atoms with Crippen LogP contribution in [0.1, 0.15) is 35.1 Å². The maximum absolute atomic E-state index is 12.3. The second kappa shape index (κ2) is 9.88. The molecule has 3 amide bonds. The number of nitrogens with one attached hydrogen (secondary N) is 3. The lowest BCUT2D eigenvalue weighted by molar-refractivity contribution is -0.139. The number of carbonyl (C=O) groups excluding carboxylic acids is 3. The minimum absolute atomic E-state index is 0.104. The van der Waals surface area contributed by atoms with Crippen molar-refractivity contribution >= 4 is 29.6 Å². The zero-order valence-corrected chi connectivity index (χ0v) is 17.8. The number of nitrogens with zero attached hydrogens (tertiary/aromatic N) is 1. The Bertz CT molecular complexity index is 1000. The Kier molecular flexibility index (Phi) is 7.02. The molecule has 0 aromatic heterocycles. The van der Waals surface area contributed by atoms with Gasteiger partial charge in [0, 0.05) is 11.7 Å². The topological polar surface area (TPSA) is 109 Å². The van der Waals surface area contributed by atoms with E-state index >= 15 is 0 Å². The summed E-state index contributed by atoms with van der Waals surface area (Å²) in [5, 5.41) is 9.26. The van der Waals surface area contributed by atoms with Crippen LogP contribution >= 0.6 is 0 Å². The second-order valence-electron chi connectivity index (χ2n) is 7.63. The number of amides is 3. The number of hydrazone groups is 1. The van der Waals surface area contributed by atoms with Crippen molar-refractivity contribution in [2.75, 3.05) is 11.9 Å². The zero-order chi connectivity index (χ0) is 22.4. The summed E-state index contributed by atoms with van der Waals surface area (Å²) in [6.07, 6.45) is 3.20. The molecule has 3 N–H and O–H groups in total. The minimum Gasteiger partial charge on any atom is -0.484 e. The van der Waals surface area contributed by atoms with Gasteiger partial charge in [0.25, 0.3) is 5.91 Å². The number of hydrogen-bond donors (Lipinski definition) is 3. The molecule has 0 heterocycles. The predicted octanol–water partition coefficient (Wildman–Crippen LogP) is 2.36. The number of aryl methyl sites for hydroxylation is 3. The lowest BCUT2D eigenvalue weighted by atomic mass is 10.1. The highest BCUT2D eigenvalue weighted by molar-refractivity contribution is 6.35. The summed E-state index contributed by atoms with van der Waals surface area (Å²) >= 11 is 0. The van der Waals surface area contributed by atoms with Crippen molar-refractivity contribution in [2.24, 2.45) is 5.10 Å². The van der Waals surface area contributed by atoms with Gasteiger partial charge >= 0.3 is 11.8 Å². The Morgan fingerprint density at radius 1 is 1.06 bits per heavy atom. The molecular formula is C23H26N4O4. The van der Waals surface area contributed by atoms with Crippen molar-refractivity contribution in [1.29, 1.82) is 0 Å². The SMILES string of the molecule is Cc1cc(C)c(NC(=O)COc2cccc(C=NNC(=O)C(=O)NC3CC3)c2)c(C)c1. The monoisotopic (exact) mass is 422 g/mol. The lowest BCUT2D eigenvalue weighted by Crippen LogP contribution is -2.38. The average molecular weight is 422 g/mol. The molecule has 1 aliphatic rings. The third kappa shape index (κ3) is 6.67. The number of ether oxygens (including phenoxy) is 1. The average Bonchev–Trinajstić information content (AvgIpc) is 3.53. The van der Waals surface area contributed by atoms with Crippen LogP contribution in [0.4, 0.5) is 5.69 Å². The summed E-state index contributed by atoms with van der Waals surface area (Å²) in [6.45, 7) is 5.77. The van der Waals surface area contributed by atoms with E-state index in [0.717, 1.165) is 35.2 Å². The third-order valence-electron chi connectivity index (χ3n) is 4.67. The van der Waals surface area contributed by atoms with Gasteiger partial charge in [-0.2, -0.15) is 5.10 Å². The molecule has 162 valence electrons. The molecule has 2 aromatic rings. The van der Waals surface area contributed by atoms with Gasteiger partial charge in [-0.1, -0.05) is 29.8 Å². The molecule has 1 fully saturated rings. The van der Waals surface area contributed by atoms with Crippen molar-refractivity contribution in [3.63, 3.8) is 0 Å². The summed E-state index contributed by atoms with van der Waals surface area (Å²) in [4.78, 5) is 35.5. The highest BCUT2D eigenvalue weighted by atomic mass is 16.5. The van der Waals surface area contributed by atoms with E-state index in [1.165, 1.54) is 6.21 Å². The van der Waals surface area contributed by atoms with E-state index in [2.05, 4.69) is 21.2 Å². The Morgan fingerprint density at radius 3 is 2.45 bits per heavy atom. The molecule has 0 bridgehead atoms. The summed E-state index contributed by atoms with van der Waals surface area (Å²) in [5.74, 6) is -1.28. The first kappa shape index (κ1) is 22.0. The molecule has 0 aliphatic heterocycles. The molecule has 0 unspecified atom stereocenters. The van der Waals surface area contributed by atoms with Gasteiger partial charge in [-0.15, -0.1) is 0 Å². The van der Waals surface area contributed by atoms with Crippen LogP contribution < -0.4 is 20.8 Å². The third-order valence-corrected chi connectivity index (χ3v) is 4.67. The molecule has 8 nitrogen and oxygen atoms in total. The minimum atomic E-state index is -0.811. The zero-order valence-electron chi connectivity index (χ0n) is 17.8. The number of anilines is 1. The van der Waals surface area contributed by atoms with E-state index < -0.39 is 11.8 Å². The molecular weight excluding hydrogens is 396 g/mol. The van der Waals surface area contributed by atoms with Gasteiger partial charge in [0.15, 0.2) is 6.61 Å². The van der Waals surface area contributed by atoms with Gasteiger partial charge in [0.05, 0.1) is 6.21 Å². The summed E-state index contributed by atoms with van der Waals surface area (Å²) < 4.78 is 5.58. The largest absolute Gasteiger partial charge is 0.484 e. The highest BCUT2D eigenvalue weighted by Crippen LogP contribution is 2.22. The van der Waals surface area contributed by atoms with Crippen LogP contribution in [0.5, 0.6) is 5.75 Å². The quantitative estimate of drug-likeness (QED) is 0.362. The number of benzene rings is 2. The van der Waals surface area contributed by atoms with Gasteiger partial charge < -0.3 is 15.4 Å². The summed E-state index contributed by atoms with van der Waals surface area (Å²) in [7, 11) is 0. The lowest BCUT2D eigenvalue weighted by Gasteiger charge is -2.13. The van der Waals surface area contributed by atoms with Crippen LogP contribution in [-0.2, 0) is 14.4 Å². The predicted molar refractivity (Wildman–Crippen MR) is 118 cm³/mol. The van der Waals surface area contributed by atoms with Crippen LogP contribution in [0.15, 0.2) is 41.5 Å². The van der Waals surface area contributed by atoms with E-state index in [-0.39, 0.29) is 18.6 Å². The Morgan fingerprint density at radius 2 is 1.77 bits per heavy atom. The van der Waals surface area contributed by atoms with E-state index in [4.69, 9.17) is 4.74 Å². The molecule has 31 heavy (non-hydrogen) atoms. The van der Waals surface area contributed by atoms with Gasteiger partial charge in [-0.3, -0.25) is 14.4 Å². The molecule has 0 saturated heterocycles. The second-order valence-corrected chi connectivity index (χ2v) is 7.63. The Balaban J connectivity index is 1.50. The molecule has 1 aliphatic carbocycles. The van der Waals surface area contributed by atoms with Crippen molar-refractivity contribution in [1.82, 2.24) is 10.7 Å². The fraction of sp³-hybridized carbons (Fsp3) is 0.304. The van der Waals surface area contributed by atoms with Crippen molar-refractivity contribution in [3.05, 3.63) is 58.7 Å². The van der Waals surface area contributed by atoms with Crippen LogP contribution in [0.25, 0.3) is 0 Å². The van der Waals surface area contributed by atoms with Crippen molar-refractivity contribution in [3.8, 4) is 5.75 Å². The Hall–Kier alpha value is -3.68. The summed E-state index contributed by atoms with van der Waals surface area (Å²) in [6, 6.07) is 11.0. The van der Waals surface area contributed by atoms with E-state index in [1.54, 1.807) is 24.3 Å². The van der Waals surface area contributed by atoms with Crippen LogP contribution in [0.3, 0.4) is 0 Å². The standard InChI is InChI=1S/C23H26N4O4/c1-14-9-15(2)21(16(3)10-14)26-20(28)13-31-19-6-4-5-17(11-19)12-24-27-23(30)22(29)25-18-7-8-18/h4-6,9-12,18H,7-8,13H2,1-3H3,(H,25,29)(H,26,28)(H,27,30). The van der Waals surface area contributed by atoms with Crippen molar-refractivity contribution < 1.29 is 19.1 Å². The maximum Gasteiger partial charge on any atom is 0.329 e. The first-order chi connectivity index (χ1) is 14.8. The van der Waals surface area contributed by atoms with Gasteiger partial charge in [-0.05, 0) is 62.4 Å². The molecule has 0 radical (unpaired) electrons. The normalized spacial score (nSPS) is 13.0. The molecule has 8 heteroatoms. The van der Waals surface area contributed by atoms with E-state index in [9.17, 15) is 14.4 Å². The number of hydrogen-bond acceptors (Lipinski definition) is 5. The van der Waals surface area contributed by atoms with E-state index in [1.807, 2.05) is 32.9 Å². The van der Waals surface area contributed by atoms with Crippen LogP contribution in [-0.4, -0.2) is 36.6 Å².